The van der Waals surface area contributed by atoms with Gasteiger partial charge in [0.1, 0.15) is 0 Å². The molecule has 6 N–H and O–H groups in total. The van der Waals surface area contributed by atoms with Gasteiger partial charge in [0.25, 0.3) is 0 Å². The van der Waals surface area contributed by atoms with E-state index in [9.17, 15) is 34.1 Å². The average Bonchev–Trinajstić information content (AvgIpc) is 3.60. The van der Waals surface area contributed by atoms with Gasteiger partial charge in [0.05, 0.1) is 0 Å². The zero-order valence-corrected chi connectivity index (χ0v) is 40.0. The van der Waals surface area contributed by atoms with Gasteiger partial charge in [0, 0.05) is 6.20 Å². The number of carbonyl (C=O) groups excluding carboxylic acids is 3. The van der Waals surface area contributed by atoms with Crippen LogP contribution in [0.5, 0.6) is 0 Å². The number of hydrogen-bond donors (Lipinski definition) is 6. The van der Waals surface area contributed by atoms with Gasteiger partial charge >= 0.3 is 325 Å². The van der Waals surface area contributed by atoms with Gasteiger partial charge in [-0.15, -0.1) is 0 Å². The van der Waals surface area contributed by atoms with Gasteiger partial charge in [-0.05, 0) is 17.7 Å². The van der Waals surface area contributed by atoms with Crippen LogP contribution in [0, 0.1) is 10.8 Å². The number of carbonyl (C=O) groups is 4. The van der Waals surface area contributed by atoms with Crippen molar-refractivity contribution in [3.63, 3.8) is 0 Å². The maximum absolute atomic E-state index is 15.0. The van der Waals surface area contributed by atoms with E-state index in [0.29, 0.717) is 19.6 Å². The molecule has 16 nitrogen and oxygen atoms in total. The zero-order valence-electron chi connectivity index (χ0n) is 39.0. The fourth-order valence-electron chi connectivity index (χ4n) is 8.16. The maximum atomic E-state index is 15.0. The number of amides is 5. The van der Waals surface area contributed by atoms with Crippen LogP contribution in [0.25, 0.3) is 11.3 Å². The molecule has 0 unspecified atom stereocenters. The van der Waals surface area contributed by atoms with Crippen LogP contribution < -0.4 is 16.0 Å². The van der Waals surface area contributed by atoms with E-state index >= 15 is 0 Å². The molecule has 1 fully saturated rings. The number of pyridine rings is 1. The van der Waals surface area contributed by atoms with E-state index in [2.05, 4.69) is 20.9 Å². The first kappa shape index (κ1) is 51.5. The molecule has 2 heterocycles. The Morgan fingerprint density at radius 2 is 1.36 bits per heavy atom. The quantitative estimate of drug-likeness (QED) is 0.0360. The van der Waals surface area contributed by atoms with Crippen LogP contribution >= 0.6 is 8.17 Å². The Bertz CT molecular complexity index is 2170. The molecule has 0 saturated carbocycles. The zero-order chi connectivity index (χ0) is 48.1. The van der Waals surface area contributed by atoms with Crippen LogP contribution in [0.1, 0.15) is 71.6 Å². The summed E-state index contributed by atoms with van der Waals surface area (Å²) in [5.74, 6) is -1.01. The topological polar surface area (TPSA) is 212 Å². The van der Waals surface area contributed by atoms with E-state index in [1.807, 2.05) is 124 Å². The van der Waals surface area contributed by atoms with E-state index in [1.54, 1.807) is 43.7 Å². The van der Waals surface area contributed by atoms with Gasteiger partial charge in [-0.25, -0.2) is 0 Å². The molecular weight excluding hydrogens is 864 g/mol. The van der Waals surface area contributed by atoms with Gasteiger partial charge in [0.2, 0.25) is 0 Å². The predicted octanol–water partition coefficient (Wildman–Crippen LogP) is 6.72. The third-order valence-corrected chi connectivity index (χ3v) is 12.5. The molecule has 0 radical (unpaired) electrons. The Balaban J connectivity index is 1.53. The summed E-state index contributed by atoms with van der Waals surface area (Å²) in [5, 5.41) is 18.5. The van der Waals surface area contributed by atoms with Crippen molar-refractivity contribution in [3.05, 3.63) is 126 Å². The number of ether oxygens (including phenoxy) is 1. The van der Waals surface area contributed by atoms with Crippen molar-refractivity contribution in [3.8, 4) is 11.3 Å². The fourth-order valence-corrected chi connectivity index (χ4v) is 8.84. The first-order chi connectivity index (χ1) is 31.2. The molecule has 17 heteroatoms. The van der Waals surface area contributed by atoms with Crippen molar-refractivity contribution in [1.29, 1.82) is 0 Å². The minimum atomic E-state index is -4.63. The molecule has 66 heavy (non-hydrogen) atoms. The van der Waals surface area contributed by atoms with Gasteiger partial charge in [-0.1, -0.05) is 36.4 Å². The van der Waals surface area contributed by atoms with Crippen molar-refractivity contribution in [2.24, 2.45) is 10.8 Å². The second-order valence-electron chi connectivity index (χ2n) is 18.7. The van der Waals surface area contributed by atoms with Crippen molar-refractivity contribution < 1.29 is 47.9 Å². The van der Waals surface area contributed by atoms with Crippen LogP contribution in [0.4, 0.5) is 9.59 Å². The summed E-state index contributed by atoms with van der Waals surface area (Å²) in [5.41, 5.74) is 2.73. The normalized spacial score (nSPS) is 15.9. The van der Waals surface area contributed by atoms with E-state index in [0.717, 1.165) is 27.9 Å². The van der Waals surface area contributed by atoms with Gasteiger partial charge in [0.15, 0.2) is 0 Å². The molecule has 0 spiro atoms. The Morgan fingerprint density at radius 1 is 0.742 bits per heavy atom. The van der Waals surface area contributed by atoms with E-state index in [-0.39, 0.29) is 31.9 Å². The minimum absolute atomic E-state index is 0.0204. The molecule has 3 aromatic carbocycles. The predicted molar refractivity (Wildman–Crippen MR) is 254 cm³/mol. The standard InChI is InChI=1S/C49H67N6O10P/c1-8-64-66(61,62)65-33-63-41(31-38(51-44(56)42(48(2,3)4)53-46(58)59)29-35-22-24-37(25-23-35)39-21-15-16-26-50-39)40(30-34-17-11-9-12-18-34)52-45(57)43(49(5,6)7)55-28-27-54(47(55)60)32-36-19-13-10-14-20-36/h9-26,38,40-43,53,61-62,66H,8,27-33H2,1-7H3,(H,51,56)(H,52,57)(H,58,59)/t38-,40-,41-,42+,43+/m0/s1. The molecular formula is C49H67N6O10P. The number of carboxylic acid groups (broad SMARTS) is 1. The average molecular weight is 931 g/mol. The van der Waals surface area contributed by atoms with Gasteiger partial charge in [-0.2, -0.15) is 0 Å². The molecule has 1 aliphatic heterocycles. The number of nitrogens with zero attached hydrogens (tertiary/aromatic N) is 3. The second-order valence-corrected chi connectivity index (χ2v) is 20.4. The first-order valence-corrected chi connectivity index (χ1v) is 24.0. The number of aromatic nitrogens is 1. The number of urea groups is 1. The number of benzene rings is 3. The van der Waals surface area contributed by atoms with Crippen molar-refractivity contribution >= 4 is 32.1 Å². The summed E-state index contributed by atoms with van der Waals surface area (Å²) in [6.45, 7) is 13.0. The van der Waals surface area contributed by atoms with Crippen LogP contribution in [-0.4, -0.2) is 110 Å². The molecule has 4 aromatic rings. The first-order valence-electron chi connectivity index (χ1n) is 22.3. The Morgan fingerprint density at radius 3 is 1.94 bits per heavy atom. The van der Waals surface area contributed by atoms with E-state index in [1.165, 1.54) is 0 Å². The SMILES string of the molecule is CCO[PH](O)(O)OCO[C@@H](C[C@H](Cc1ccc(-c2ccccn2)cc1)NC(=O)[C@@H](NC(=O)O)C(C)(C)C)[C@H](Cc1ccccc1)NC(=O)[C@@H](N1CCN(Cc2ccccc2)C1=O)C(C)(C)C. The van der Waals surface area contributed by atoms with Crippen LogP contribution in [0.3, 0.4) is 0 Å². The molecule has 0 aliphatic carbocycles. The van der Waals surface area contributed by atoms with E-state index in [4.69, 9.17) is 13.8 Å². The molecule has 1 aromatic heterocycles. The molecule has 1 aliphatic rings. The second kappa shape index (κ2) is 23.3. The summed E-state index contributed by atoms with van der Waals surface area (Å²) < 4.78 is 16.9. The summed E-state index contributed by atoms with van der Waals surface area (Å²) in [6, 6.07) is 28.5. The van der Waals surface area contributed by atoms with Crippen molar-refractivity contribution in [1.82, 2.24) is 30.7 Å². The summed E-state index contributed by atoms with van der Waals surface area (Å²) in [6.07, 6.45) is -0.164. The van der Waals surface area contributed by atoms with Crippen LogP contribution in [0.15, 0.2) is 109 Å². The molecule has 5 amide bonds. The number of hydrogen-bond acceptors (Lipinski definition) is 10. The van der Waals surface area contributed by atoms with Gasteiger partial charge in [-0.3, -0.25) is 4.98 Å². The summed E-state index contributed by atoms with van der Waals surface area (Å²) in [4.78, 5) is 84.1. The molecule has 5 atom stereocenters. The molecule has 358 valence electrons. The van der Waals surface area contributed by atoms with Crippen molar-refractivity contribution in [2.75, 3.05) is 26.5 Å². The van der Waals surface area contributed by atoms with E-state index < -0.39 is 74.0 Å². The van der Waals surface area contributed by atoms with Crippen LogP contribution in [-0.2, 0) is 42.8 Å². The third kappa shape index (κ3) is 15.3. The number of rotatable bonds is 22. The Labute approximate surface area is 388 Å². The monoisotopic (exact) mass is 930 g/mol. The Hall–Kier alpha value is -5.48. The third-order valence-electron chi connectivity index (χ3n) is 11.3. The summed E-state index contributed by atoms with van der Waals surface area (Å²) in [7, 11) is -4.63. The van der Waals surface area contributed by atoms with Crippen molar-refractivity contribution in [2.45, 2.75) is 105 Å². The Kier molecular flexibility index (Phi) is 18.2. The molecule has 5 rings (SSSR count). The fraction of sp³-hybridized carbons (Fsp3) is 0.449. The van der Waals surface area contributed by atoms with Crippen LogP contribution in [0.2, 0.25) is 0 Å². The van der Waals surface area contributed by atoms with Gasteiger partial charge < -0.3 is 0 Å². The summed E-state index contributed by atoms with van der Waals surface area (Å²) >= 11 is 0. The molecule has 0 bridgehead atoms. The number of nitrogens with one attached hydrogen (secondary N) is 3. The molecule has 1 saturated heterocycles.